The average Bonchev–Trinajstić information content (AvgIpc) is 2.74. The highest BCUT2D eigenvalue weighted by atomic mass is 16.1. The third-order valence-corrected chi connectivity index (χ3v) is 5.66. The molecule has 2 aliphatic rings. The number of benzene rings is 1. The molecule has 0 spiro atoms. The zero-order valence-corrected chi connectivity index (χ0v) is 15.9. The molecule has 0 unspecified atom stereocenters. The molecule has 6 heteroatoms. The molecule has 2 N–H and O–H groups in total. The predicted molar refractivity (Wildman–Crippen MR) is 109 cm³/mol. The topological polar surface area (TPSA) is 64.3 Å². The Morgan fingerprint density at radius 3 is 2.59 bits per heavy atom. The number of nitrogens with zero attached hydrogens (tertiary/aromatic N) is 3. The Balaban J connectivity index is 1.31. The van der Waals surface area contributed by atoms with Gasteiger partial charge in [-0.25, -0.2) is 4.98 Å². The van der Waals surface area contributed by atoms with Crippen LogP contribution < -0.4 is 20.7 Å². The number of aromatic amines is 1. The Labute approximate surface area is 160 Å². The van der Waals surface area contributed by atoms with Gasteiger partial charge in [-0.15, -0.1) is 0 Å². The van der Waals surface area contributed by atoms with Crippen LogP contribution in [0.2, 0.25) is 0 Å². The van der Waals surface area contributed by atoms with Gasteiger partial charge in [-0.2, -0.15) is 0 Å². The summed E-state index contributed by atoms with van der Waals surface area (Å²) >= 11 is 0. The number of hydrogen-bond acceptors (Lipinski definition) is 5. The standard InChI is InChI=1S/C21H29N5O/c27-21-20(22-10-11-23-21)26-14-4-5-18(16-26)24-15-17-6-8-19(9-7-17)25-12-2-1-3-13-25/h6-11,18,24H,1-5,12-16H2,(H,23,27)/t18-/m0/s1. The number of piperidine rings is 2. The molecule has 0 saturated carbocycles. The van der Waals surface area contributed by atoms with Crippen LogP contribution in [0.5, 0.6) is 0 Å². The second-order valence-electron chi connectivity index (χ2n) is 7.62. The number of H-pyrrole nitrogens is 1. The minimum Gasteiger partial charge on any atom is -0.372 e. The van der Waals surface area contributed by atoms with E-state index in [1.807, 2.05) is 0 Å². The van der Waals surface area contributed by atoms with Crippen molar-refractivity contribution in [3.63, 3.8) is 0 Å². The van der Waals surface area contributed by atoms with E-state index in [1.54, 1.807) is 12.4 Å². The molecule has 3 heterocycles. The second kappa shape index (κ2) is 8.57. The highest BCUT2D eigenvalue weighted by molar-refractivity contribution is 5.48. The van der Waals surface area contributed by atoms with Gasteiger partial charge >= 0.3 is 0 Å². The van der Waals surface area contributed by atoms with Crippen molar-refractivity contribution in [1.82, 2.24) is 15.3 Å². The molecule has 0 amide bonds. The minimum atomic E-state index is -0.105. The summed E-state index contributed by atoms with van der Waals surface area (Å²) in [7, 11) is 0. The van der Waals surface area contributed by atoms with Gasteiger partial charge in [0, 0.05) is 56.8 Å². The van der Waals surface area contributed by atoms with E-state index in [2.05, 4.69) is 49.4 Å². The Morgan fingerprint density at radius 1 is 1.04 bits per heavy atom. The van der Waals surface area contributed by atoms with Crippen LogP contribution >= 0.6 is 0 Å². The van der Waals surface area contributed by atoms with Crippen molar-refractivity contribution in [2.75, 3.05) is 36.0 Å². The van der Waals surface area contributed by atoms with Crippen LogP contribution in [0.25, 0.3) is 0 Å². The Hall–Kier alpha value is -2.34. The molecular formula is C21H29N5O. The SMILES string of the molecule is O=c1[nH]ccnc1N1CCC[C@H](NCc2ccc(N3CCCCC3)cc2)C1. The van der Waals surface area contributed by atoms with Crippen LogP contribution in [-0.2, 0) is 6.54 Å². The van der Waals surface area contributed by atoms with Crippen molar-refractivity contribution >= 4 is 11.5 Å². The fourth-order valence-electron chi connectivity index (χ4n) is 4.14. The summed E-state index contributed by atoms with van der Waals surface area (Å²) in [6.07, 6.45) is 9.41. The second-order valence-corrected chi connectivity index (χ2v) is 7.62. The molecule has 2 aliphatic heterocycles. The Kier molecular flexibility index (Phi) is 5.72. The van der Waals surface area contributed by atoms with Crippen molar-refractivity contribution < 1.29 is 0 Å². The maximum atomic E-state index is 12.0. The largest absolute Gasteiger partial charge is 0.372 e. The van der Waals surface area contributed by atoms with E-state index in [9.17, 15) is 4.79 Å². The van der Waals surface area contributed by atoms with Gasteiger partial charge in [0.2, 0.25) is 0 Å². The Bertz CT molecular complexity index is 782. The first-order valence-electron chi connectivity index (χ1n) is 10.2. The van der Waals surface area contributed by atoms with Gasteiger partial charge in [-0.3, -0.25) is 4.79 Å². The maximum Gasteiger partial charge on any atom is 0.290 e. The van der Waals surface area contributed by atoms with Gasteiger partial charge in [0.25, 0.3) is 5.56 Å². The zero-order chi connectivity index (χ0) is 18.5. The van der Waals surface area contributed by atoms with Crippen molar-refractivity contribution in [3.05, 3.63) is 52.6 Å². The molecule has 0 bridgehead atoms. The molecule has 2 saturated heterocycles. The fraction of sp³-hybridized carbons (Fsp3) is 0.524. The monoisotopic (exact) mass is 367 g/mol. The lowest BCUT2D eigenvalue weighted by Crippen LogP contribution is -2.47. The van der Waals surface area contributed by atoms with Crippen LogP contribution in [0, 0.1) is 0 Å². The molecule has 6 nitrogen and oxygen atoms in total. The number of rotatable bonds is 5. The third-order valence-electron chi connectivity index (χ3n) is 5.66. The zero-order valence-electron chi connectivity index (χ0n) is 15.9. The maximum absolute atomic E-state index is 12.0. The minimum absolute atomic E-state index is 0.105. The van der Waals surface area contributed by atoms with Gasteiger partial charge in [0.1, 0.15) is 0 Å². The summed E-state index contributed by atoms with van der Waals surface area (Å²) < 4.78 is 0. The molecule has 27 heavy (non-hydrogen) atoms. The summed E-state index contributed by atoms with van der Waals surface area (Å²) in [6, 6.07) is 9.36. The van der Waals surface area contributed by atoms with Crippen LogP contribution in [0.15, 0.2) is 41.5 Å². The van der Waals surface area contributed by atoms with Crippen molar-refractivity contribution in [2.24, 2.45) is 0 Å². The Morgan fingerprint density at radius 2 is 1.81 bits per heavy atom. The van der Waals surface area contributed by atoms with Crippen LogP contribution in [0.3, 0.4) is 0 Å². The lowest BCUT2D eigenvalue weighted by molar-refractivity contribution is 0.419. The summed E-state index contributed by atoms with van der Waals surface area (Å²) in [4.78, 5) is 23.5. The first kappa shape index (κ1) is 18.0. The van der Waals surface area contributed by atoms with Crippen LogP contribution in [-0.4, -0.2) is 42.2 Å². The molecule has 144 valence electrons. The lowest BCUT2D eigenvalue weighted by Gasteiger charge is -2.33. The summed E-state index contributed by atoms with van der Waals surface area (Å²) in [5.41, 5.74) is 2.55. The van der Waals surface area contributed by atoms with E-state index in [0.717, 1.165) is 32.5 Å². The lowest BCUT2D eigenvalue weighted by atomic mass is 10.0. The summed E-state index contributed by atoms with van der Waals surface area (Å²) in [5, 5.41) is 3.66. The van der Waals surface area contributed by atoms with Gasteiger partial charge in [0.05, 0.1) is 0 Å². The highest BCUT2D eigenvalue weighted by Gasteiger charge is 2.22. The molecular weight excluding hydrogens is 338 g/mol. The van der Waals surface area contributed by atoms with E-state index in [0.29, 0.717) is 11.9 Å². The molecule has 1 aromatic carbocycles. The first-order chi connectivity index (χ1) is 13.3. The van der Waals surface area contributed by atoms with E-state index >= 15 is 0 Å². The average molecular weight is 367 g/mol. The fourth-order valence-corrected chi connectivity index (χ4v) is 4.14. The summed E-state index contributed by atoms with van der Waals surface area (Å²) in [5.74, 6) is 0.537. The third kappa shape index (κ3) is 4.50. The molecule has 0 aliphatic carbocycles. The van der Waals surface area contributed by atoms with Gasteiger partial charge in [-0.05, 0) is 49.8 Å². The van der Waals surface area contributed by atoms with Gasteiger partial charge < -0.3 is 20.1 Å². The normalized spacial score (nSPS) is 20.7. The van der Waals surface area contributed by atoms with Gasteiger partial charge in [-0.1, -0.05) is 12.1 Å². The van der Waals surface area contributed by atoms with Crippen molar-refractivity contribution in [2.45, 2.75) is 44.7 Å². The molecule has 4 rings (SSSR count). The van der Waals surface area contributed by atoms with Crippen LogP contribution in [0.1, 0.15) is 37.7 Å². The van der Waals surface area contributed by atoms with E-state index in [-0.39, 0.29) is 5.56 Å². The van der Waals surface area contributed by atoms with E-state index in [1.165, 1.54) is 43.6 Å². The highest BCUT2D eigenvalue weighted by Crippen LogP contribution is 2.20. The van der Waals surface area contributed by atoms with Crippen LogP contribution in [0.4, 0.5) is 11.5 Å². The molecule has 2 aromatic rings. The number of anilines is 2. The smallest absolute Gasteiger partial charge is 0.290 e. The molecule has 2 fully saturated rings. The number of aromatic nitrogens is 2. The molecule has 0 radical (unpaired) electrons. The van der Waals surface area contributed by atoms with E-state index < -0.39 is 0 Å². The van der Waals surface area contributed by atoms with Crippen molar-refractivity contribution in [1.29, 1.82) is 0 Å². The van der Waals surface area contributed by atoms with E-state index in [4.69, 9.17) is 0 Å². The van der Waals surface area contributed by atoms with Gasteiger partial charge in [0.15, 0.2) is 5.82 Å². The number of nitrogens with one attached hydrogen (secondary N) is 2. The molecule has 1 aromatic heterocycles. The van der Waals surface area contributed by atoms with Crippen molar-refractivity contribution in [3.8, 4) is 0 Å². The first-order valence-corrected chi connectivity index (χ1v) is 10.2. The quantitative estimate of drug-likeness (QED) is 0.850. The predicted octanol–water partition coefficient (Wildman–Crippen LogP) is 2.52. The summed E-state index contributed by atoms with van der Waals surface area (Å²) in [6.45, 7) is 4.94. The molecule has 1 atom stereocenters. The number of hydrogen-bond donors (Lipinski definition) is 2.